The highest BCUT2D eigenvalue weighted by Gasteiger charge is 2.33. The van der Waals surface area contributed by atoms with Crippen LogP contribution in [0, 0.1) is 5.92 Å². The molecule has 0 bridgehead atoms. The molecule has 0 spiro atoms. The molecule has 1 saturated heterocycles. The molecule has 0 aliphatic carbocycles. The molecule has 88 valence electrons. The normalized spacial score (nSPS) is 28.3. The molecule has 3 unspecified atom stereocenters. The Bertz CT molecular complexity index is 339. The van der Waals surface area contributed by atoms with Crippen molar-refractivity contribution in [1.29, 1.82) is 0 Å². The first kappa shape index (κ1) is 12.8. The molecule has 0 saturated carbocycles. The predicted molar refractivity (Wildman–Crippen MR) is 59.7 cm³/mol. The number of nitrogens with one attached hydrogen (secondary N) is 1. The maximum absolute atomic E-state index is 11.6. The van der Waals surface area contributed by atoms with E-state index in [1.165, 1.54) is 0 Å². The molecule has 4 nitrogen and oxygen atoms in total. The quantitative estimate of drug-likeness (QED) is 0.748. The average Bonchev–Trinajstić information content (AvgIpc) is 2.45. The van der Waals surface area contributed by atoms with Crippen LogP contribution in [-0.2, 0) is 14.6 Å². The largest absolute Gasteiger partial charge is 0.352 e. The predicted octanol–water partition coefficient (Wildman–Crippen LogP) is 0.553. The third-order valence-corrected chi connectivity index (χ3v) is 4.81. The van der Waals surface area contributed by atoms with Gasteiger partial charge >= 0.3 is 0 Å². The van der Waals surface area contributed by atoms with Gasteiger partial charge in [-0.15, -0.1) is 11.6 Å². The molecule has 6 heteroatoms. The summed E-state index contributed by atoms with van der Waals surface area (Å²) < 4.78 is 22.3. The van der Waals surface area contributed by atoms with Crippen LogP contribution in [-0.4, -0.2) is 37.2 Å². The molecule has 1 N–H and O–H groups in total. The molecule has 1 heterocycles. The second kappa shape index (κ2) is 4.70. The molecular formula is C9H16ClNO3S. The second-order valence-corrected chi connectivity index (χ2v) is 6.99. The lowest BCUT2D eigenvalue weighted by molar-refractivity contribution is -0.124. The number of alkyl halides is 1. The van der Waals surface area contributed by atoms with Crippen LogP contribution in [0.3, 0.4) is 0 Å². The Labute approximate surface area is 95.3 Å². The number of carbonyl (C=O) groups is 1. The third kappa shape index (κ3) is 3.65. The zero-order valence-electron chi connectivity index (χ0n) is 8.86. The van der Waals surface area contributed by atoms with Gasteiger partial charge in [-0.1, -0.05) is 0 Å². The van der Waals surface area contributed by atoms with Gasteiger partial charge in [0.1, 0.15) is 0 Å². The Morgan fingerprint density at radius 3 is 2.47 bits per heavy atom. The summed E-state index contributed by atoms with van der Waals surface area (Å²) in [6.45, 7) is 3.59. The molecule has 0 radical (unpaired) electrons. The lowest BCUT2D eigenvalue weighted by Gasteiger charge is -2.18. The van der Waals surface area contributed by atoms with Crippen molar-refractivity contribution >= 4 is 27.3 Å². The summed E-state index contributed by atoms with van der Waals surface area (Å²) in [7, 11) is -2.99. The van der Waals surface area contributed by atoms with Gasteiger partial charge in [0.2, 0.25) is 5.91 Å². The van der Waals surface area contributed by atoms with E-state index in [1.807, 2.05) is 0 Å². The van der Waals surface area contributed by atoms with Crippen LogP contribution in [0.15, 0.2) is 0 Å². The summed E-state index contributed by atoms with van der Waals surface area (Å²) in [5.41, 5.74) is 0. The first-order valence-electron chi connectivity index (χ1n) is 4.96. The number of carbonyl (C=O) groups excluding carboxylic acids is 1. The van der Waals surface area contributed by atoms with E-state index in [0.717, 1.165) is 0 Å². The number of sulfone groups is 1. The van der Waals surface area contributed by atoms with Gasteiger partial charge in [0, 0.05) is 6.04 Å². The average molecular weight is 254 g/mol. The third-order valence-electron chi connectivity index (χ3n) is 2.66. The number of rotatable bonds is 3. The fraction of sp³-hybridized carbons (Fsp3) is 0.889. The molecular weight excluding hydrogens is 238 g/mol. The summed E-state index contributed by atoms with van der Waals surface area (Å²) >= 11 is 5.80. The van der Waals surface area contributed by atoms with E-state index in [2.05, 4.69) is 5.32 Å². The summed E-state index contributed by atoms with van der Waals surface area (Å²) in [4.78, 5) is 11.6. The molecule has 1 aliphatic heterocycles. The fourth-order valence-electron chi connectivity index (χ4n) is 1.46. The number of hydrogen-bond acceptors (Lipinski definition) is 3. The van der Waals surface area contributed by atoms with E-state index >= 15 is 0 Å². The molecule has 0 aromatic carbocycles. The van der Waals surface area contributed by atoms with E-state index in [1.54, 1.807) is 13.8 Å². The standard InChI is InChI=1S/C9H16ClNO3S/c1-6(10)7(2)11-9(12)8-3-4-15(13,14)5-8/h6-8H,3-5H2,1-2H3,(H,11,12). The van der Waals surface area contributed by atoms with Crippen molar-refractivity contribution in [3.8, 4) is 0 Å². The summed E-state index contributed by atoms with van der Waals surface area (Å²) in [6, 6.07) is -0.137. The highest BCUT2D eigenvalue weighted by molar-refractivity contribution is 7.91. The summed E-state index contributed by atoms with van der Waals surface area (Å²) in [5, 5.41) is 2.56. The Morgan fingerprint density at radius 1 is 1.47 bits per heavy atom. The molecule has 0 aromatic heterocycles. The molecule has 3 atom stereocenters. The highest BCUT2D eigenvalue weighted by atomic mass is 35.5. The van der Waals surface area contributed by atoms with Gasteiger partial charge < -0.3 is 5.32 Å². The van der Waals surface area contributed by atoms with Crippen molar-refractivity contribution < 1.29 is 13.2 Å². The topological polar surface area (TPSA) is 63.2 Å². The van der Waals surface area contributed by atoms with Gasteiger partial charge in [-0.05, 0) is 20.3 Å². The van der Waals surface area contributed by atoms with Crippen LogP contribution < -0.4 is 5.32 Å². The van der Waals surface area contributed by atoms with Crippen molar-refractivity contribution in [3.63, 3.8) is 0 Å². The van der Waals surface area contributed by atoms with Crippen LogP contribution in [0.4, 0.5) is 0 Å². The molecule has 1 amide bonds. The minimum atomic E-state index is -2.99. The van der Waals surface area contributed by atoms with Crippen LogP contribution >= 0.6 is 11.6 Å². The minimum absolute atomic E-state index is 0.0256. The second-order valence-electron chi connectivity index (χ2n) is 4.07. The number of halogens is 1. The SMILES string of the molecule is CC(Cl)C(C)NC(=O)C1CCS(=O)(=O)C1. The first-order chi connectivity index (χ1) is 6.82. The van der Waals surface area contributed by atoms with Gasteiger partial charge in [-0.25, -0.2) is 8.42 Å². The molecule has 15 heavy (non-hydrogen) atoms. The molecule has 1 fully saturated rings. The Morgan fingerprint density at radius 2 is 2.07 bits per heavy atom. The van der Waals surface area contributed by atoms with Crippen molar-refractivity contribution in [2.45, 2.75) is 31.7 Å². The van der Waals surface area contributed by atoms with Gasteiger partial charge in [0.05, 0.1) is 22.8 Å². The Hall–Kier alpha value is -0.290. The summed E-state index contributed by atoms with van der Waals surface area (Å²) in [6.07, 6.45) is 0.428. The van der Waals surface area contributed by atoms with Crippen molar-refractivity contribution in [2.75, 3.05) is 11.5 Å². The van der Waals surface area contributed by atoms with Crippen molar-refractivity contribution in [3.05, 3.63) is 0 Å². The smallest absolute Gasteiger partial charge is 0.224 e. The van der Waals surface area contributed by atoms with Gasteiger partial charge in [0.25, 0.3) is 0 Å². The maximum atomic E-state index is 11.6. The lowest BCUT2D eigenvalue weighted by Crippen LogP contribution is -2.41. The zero-order chi connectivity index (χ0) is 11.6. The van der Waals surface area contributed by atoms with E-state index in [4.69, 9.17) is 11.6 Å². The minimum Gasteiger partial charge on any atom is -0.352 e. The monoisotopic (exact) mass is 253 g/mol. The Balaban J connectivity index is 2.49. The van der Waals surface area contributed by atoms with E-state index in [-0.39, 0.29) is 28.8 Å². The fourth-order valence-corrected chi connectivity index (χ4v) is 3.26. The number of amides is 1. The van der Waals surface area contributed by atoms with Crippen LogP contribution in [0.2, 0.25) is 0 Å². The van der Waals surface area contributed by atoms with Gasteiger partial charge in [-0.3, -0.25) is 4.79 Å². The van der Waals surface area contributed by atoms with Gasteiger partial charge in [0.15, 0.2) is 9.84 Å². The van der Waals surface area contributed by atoms with E-state index in [0.29, 0.717) is 6.42 Å². The summed E-state index contributed by atoms with van der Waals surface area (Å²) in [5.74, 6) is -0.498. The number of hydrogen-bond donors (Lipinski definition) is 1. The lowest BCUT2D eigenvalue weighted by atomic mass is 10.1. The van der Waals surface area contributed by atoms with Crippen LogP contribution in [0.1, 0.15) is 20.3 Å². The van der Waals surface area contributed by atoms with Crippen LogP contribution in [0.25, 0.3) is 0 Å². The van der Waals surface area contributed by atoms with Crippen molar-refractivity contribution in [2.24, 2.45) is 5.92 Å². The molecule has 0 aromatic rings. The van der Waals surface area contributed by atoms with Crippen LogP contribution in [0.5, 0.6) is 0 Å². The maximum Gasteiger partial charge on any atom is 0.224 e. The van der Waals surface area contributed by atoms with Crippen molar-refractivity contribution in [1.82, 2.24) is 5.32 Å². The molecule has 1 aliphatic rings. The zero-order valence-corrected chi connectivity index (χ0v) is 10.4. The molecule has 1 rings (SSSR count). The highest BCUT2D eigenvalue weighted by Crippen LogP contribution is 2.18. The first-order valence-corrected chi connectivity index (χ1v) is 7.22. The van der Waals surface area contributed by atoms with Gasteiger partial charge in [-0.2, -0.15) is 0 Å². The van der Waals surface area contributed by atoms with E-state index in [9.17, 15) is 13.2 Å². The Kier molecular flexibility index (Phi) is 4.00. The van der Waals surface area contributed by atoms with E-state index < -0.39 is 15.8 Å².